The van der Waals surface area contributed by atoms with E-state index in [0.717, 1.165) is 5.19 Å². The molecule has 78 valence electrons. The summed E-state index contributed by atoms with van der Waals surface area (Å²) in [6.07, 6.45) is 0. The fourth-order valence-corrected chi connectivity index (χ4v) is 6.01. The Bertz CT molecular complexity index is 336. The van der Waals surface area contributed by atoms with Crippen molar-refractivity contribution in [1.82, 2.24) is 0 Å². The van der Waals surface area contributed by atoms with Crippen LogP contribution in [0.15, 0.2) is 18.2 Å². The summed E-state index contributed by atoms with van der Waals surface area (Å²) in [6, 6.07) is 5.07. The fourth-order valence-electron chi connectivity index (χ4n) is 1.29. The van der Waals surface area contributed by atoms with Gasteiger partial charge in [-0.05, 0) is 11.3 Å². The van der Waals surface area contributed by atoms with E-state index in [2.05, 4.69) is 19.6 Å². The van der Waals surface area contributed by atoms with Crippen LogP contribution in [0.4, 0.5) is 4.39 Å². The van der Waals surface area contributed by atoms with Gasteiger partial charge in [-0.3, -0.25) is 0 Å². The molecule has 0 radical (unpaired) electrons. The van der Waals surface area contributed by atoms with E-state index < -0.39 is 14.7 Å². The van der Waals surface area contributed by atoms with Gasteiger partial charge in [0, 0.05) is 5.30 Å². The second-order valence-electron chi connectivity index (χ2n) is 4.12. The lowest BCUT2D eigenvalue weighted by molar-refractivity contribution is 0.637. The largest absolute Gasteiger partial charge is 0.206 e. The zero-order chi connectivity index (χ0) is 10.9. The Kier molecular flexibility index (Phi) is 3.99. The molecule has 1 aromatic rings. The molecular weight excluding hydrogens is 257 g/mol. The van der Waals surface area contributed by atoms with Crippen LogP contribution in [0.5, 0.6) is 0 Å². The van der Waals surface area contributed by atoms with Crippen molar-refractivity contribution in [3.05, 3.63) is 24.0 Å². The van der Waals surface area contributed by atoms with Crippen LogP contribution in [-0.2, 0) is 0 Å². The topological polar surface area (TPSA) is 0 Å². The Morgan fingerprint density at radius 1 is 1.21 bits per heavy atom. The third-order valence-electron chi connectivity index (χ3n) is 1.96. The monoisotopic (exact) mass is 268 g/mol. The summed E-state index contributed by atoms with van der Waals surface area (Å²) in [7, 11) is -1.56. The lowest BCUT2D eigenvalue weighted by Gasteiger charge is -2.21. The molecule has 0 aliphatic carbocycles. The van der Waals surface area contributed by atoms with Crippen molar-refractivity contribution in [2.24, 2.45) is 0 Å². The zero-order valence-corrected chi connectivity index (χ0v) is 11.7. The maximum atomic E-state index is 13.5. The van der Waals surface area contributed by atoms with Crippen LogP contribution in [0, 0.1) is 5.82 Å². The highest BCUT2D eigenvalue weighted by atomic mass is 35.9. The molecule has 0 aliphatic heterocycles. The molecule has 0 spiro atoms. The van der Waals surface area contributed by atoms with E-state index in [0.29, 0.717) is 5.30 Å². The SMILES string of the molecule is C[Si](C)(C)c1cccc(F)c1P(Cl)Cl. The van der Waals surface area contributed by atoms with Crippen LogP contribution < -0.4 is 10.5 Å². The Morgan fingerprint density at radius 2 is 1.79 bits per heavy atom. The van der Waals surface area contributed by atoms with Gasteiger partial charge < -0.3 is 0 Å². The van der Waals surface area contributed by atoms with Gasteiger partial charge in [-0.15, -0.1) is 0 Å². The van der Waals surface area contributed by atoms with Gasteiger partial charge in [0.1, 0.15) is 12.4 Å². The predicted octanol–water partition coefficient (Wildman–Crippen LogP) is 3.79. The Labute approximate surface area is 95.8 Å². The van der Waals surface area contributed by atoms with E-state index in [1.807, 2.05) is 6.07 Å². The van der Waals surface area contributed by atoms with Gasteiger partial charge >= 0.3 is 0 Å². The highest BCUT2D eigenvalue weighted by molar-refractivity contribution is 8.09. The number of hydrogen-bond acceptors (Lipinski definition) is 0. The first kappa shape index (κ1) is 12.4. The summed E-state index contributed by atoms with van der Waals surface area (Å²) in [5.41, 5.74) is 0. The molecule has 0 atom stereocenters. The first-order valence-corrected chi connectivity index (χ1v) is 10.9. The molecule has 0 N–H and O–H groups in total. The Hall–Kier alpha value is 0.377. The molecule has 0 aliphatic rings. The van der Waals surface area contributed by atoms with Crippen LogP contribution in [-0.4, -0.2) is 8.07 Å². The normalized spacial score (nSPS) is 12.2. The fraction of sp³-hybridized carbons (Fsp3) is 0.333. The van der Waals surface area contributed by atoms with Gasteiger partial charge in [-0.1, -0.05) is 54.3 Å². The van der Waals surface area contributed by atoms with Crippen molar-refractivity contribution in [1.29, 1.82) is 0 Å². The van der Waals surface area contributed by atoms with E-state index in [4.69, 9.17) is 22.5 Å². The first-order valence-electron chi connectivity index (χ1n) is 4.24. The minimum Gasteiger partial charge on any atom is -0.206 e. The molecule has 0 saturated carbocycles. The molecule has 0 aromatic heterocycles. The molecule has 1 aromatic carbocycles. The van der Waals surface area contributed by atoms with E-state index in [1.54, 1.807) is 6.07 Å². The van der Waals surface area contributed by atoms with Crippen LogP contribution >= 0.6 is 29.1 Å². The summed E-state index contributed by atoms with van der Waals surface area (Å²) in [6.45, 7) is 5.05. The van der Waals surface area contributed by atoms with Gasteiger partial charge in [0.15, 0.2) is 0 Å². The summed E-state index contributed by atoms with van der Waals surface area (Å²) in [5, 5.41) is 1.54. The standard InChI is InChI=1S/C9H12Cl2FPSi/c1-14(2,3)8-6-4-5-7(12)9(8)13(10)11/h4-6H,1-3H3. The van der Waals surface area contributed by atoms with Gasteiger partial charge in [-0.25, -0.2) is 4.39 Å². The molecule has 0 amide bonds. The number of benzene rings is 1. The van der Waals surface area contributed by atoms with Crippen molar-refractivity contribution in [3.8, 4) is 0 Å². The van der Waals surface area contributed by atoms with Gasteiger partial charge in [0.05, 0.1) is 8.07 Å². The average molecular weight is 269 g/mol. The van der Waals surface area contributed by atoms with Gasteiger partial charge in [-0.2, -0.15) is 0 Å². The smallest absolute Gasteiger partial charge is 0.133 e. The number of rotatable bonds is 2. The van der Waals surface area contributed by atoms with E-state index in [-0.39, 0.29) is 5.82 Å². The second kappa shape index (κ2) is 4.48. The average Bonchev–Trinajstić information content (AvgIpc) is 2.01. The summed E-state index contributed by atoms with van der Waals surface area (Å²) < 4.78 is 13.5. The van der Waals surface area contributed by atoms with Crippen molar-refractivity contribution >= 4 is 47.7 Å². The maximum Gasteiger partial charge on any atom is 0.133 e. The van der Waals surface area contributed by atoms with Crippen LogP contribution in [0.2, 0.25) is 19.6 Å². The molecule has 0 bridgehead atoms. The van der Waals surface area contributed by atoms with Crippen molar-refractivity contribution in [2.45, 2.75) is 19.6 Å². The lowest BCUT2D eigenvalue weighted by atomic mass is 10.3. The third kappa shape index (κ3) is 2.70. The lowest BCUT2D eigenvalue weighted by Crippen LogP contribution is -2.46. The van der Waals surface area contributed by atoms with Crippen molar-refractivity contribution in [3.63, 3.8) is 0 Å². The highest BCUT2D eigenvalue weighted by Crippen LogP contribution is 2.45. The van der Waals surface area contributed by atoms with Crippen LogP contribution in [0.1, 0.15) is 0 Å². The molecule has 14 heavy (non-hydrogen) atoms. The van der Waals surface area contributed by atoms with Crippen molar-refractivity contribution in [2.75, 3.05) is 0 Å². The van der Waals surface area contributed by atoms with Gasteiger partial charge in [0.25, 0.3) is 0 Å². The van der Waals surface area contributed by atoms with Crippen LogP contribution in [0.3, 0.4) is 0 Å². The zero-order valence-electron chi connectivity index (χ0n) is 8.31. The third-order valence-corrected chi connectivity index (χ3v) is 6.01. The van der Waals surface area contributed by atoms with Gasteiger partial charge in [0.2, 0.25) is 0 Å². The summed E-state index contributed by atoms with van der Waals surface area (Å²) >= 11 is 11.7. The Balaban J connectivity index is 3.36. The Morgan fingerprint density at radius 3 is 2.14 bits per heavy atom. The van der Waals surface area contributed by atoms with E-state index in [1.165, 1.54) is 6.07 Å². The minimum absolute atomic E-state index is 0.277. The molecule has 5 heteroatoms. The summed E-state index contributed by atoms with van der Waals surface area (Å²) in [5.74, 6) is -0.277. The molecule has 0 saturated heterocycles. The molecule has 0 heterocycles. The minimum atomic E-state index is -1.56. The number of halogens is 3. The van der Waals surface area contributed by atoms with Crippen LogP contribution in [0.25, 0.3) is 0 Å². The summed E-state index contributed by atoms with van der Waals surface area (Å²) in [4.78, 5) is 0. The quantitative estimate of drug-likeness (QED) is 0.566. The van der Waals surface area contributed by atoms with E-state index >= 15 is 0 Å². The number of hydrogen-bond donors (Lipinski definition) is 0. The maximum absolute atomic E-state index is 13.5. The molecule has 0 fully saturated rings. The molecule has 0 unspecified atom stereocenters. The van der Waals surface area contributed by atoms with Crippen molar-refractivity contribution < 1.29 is 4.39 Å². The highest BCUT2D eigenvalue weighted by Gasteiger charge is 2.25. The molecular formula is C9H12Cl2FPSi. The first-order chi connectivity index (χ1) is 6.34. The predicted molar refractivity (Wildman–Crippen MR) is 67.6 cm³/mol. The second-order valence-corrected chi connectivity index (χ2v) is 12.6. The van der Waals surface area contributed by atoms with E-state index in [9.17, 15) is 4.39 Å². The molecule has 1 rings (SSSR count). The molecule has 0 nitrogen and oxygen atoms in total.